The summed E-state index contributed by atoms with van der Waals surface area (Å²) in [6.45, 7) is 9.10. The van der Waals surface area contributed by atoms with Gasteiger partial charge in [0.25, 0.3) is 0 Å². The highest BCUT2D eigenvalue weighted by molar-refractivity contribution is 5.75. The molecule has 0 aromatic rings. The standard InChI is InChI=1S/C11H22N2O3/c1-10(2,3)16-9(15)7-13-11(4,5)6-8(12)14/h13H,6-7H2,1-5H3,(H2,12,14). The lowest BCUT2D eigenvalue weighted by molar-refractivity contribution is -0.154. The number of ether oxygens (including phenoxy) is 1. The Labute approximate surface area is 96.7 Å². The van der Waals surface area contributed by atoms with Gasteiger partial charge in [0.2, 0.25) is 5.91 Å². The molecule has 0 saturated carbocycles. The first-order valence-corrected chi connectivity index (χ1v) is 5.27. The van der Waals surface area contributed by atoms with Crippen molar-refractivity contribution in [2.45, 2.75) is 52.2 Å². The van der Waals surface area contributed by atoms with Gasteiger partial charge in [0, 0.05) is 12.0 Å². The van der Waals surface area contributed by atoms with E-state index >= 15 is 0 Å². The van der Waals surface area contributed by atoms with Gasteiger partial charge in [-0.1, -0.05) is 0 Å². The third-order valence-electron chi connectivity index (χ3n) is 1.75. The Balaban J connectivity index is 4.05. The lowest BCUT2D eigenvalue weighted by atomic mass is 10.0. The summed E-state index contributed by atoms with van der Waals surface area (Å²) in [6, 6.07) is 0. The molecule has 0 aliphatic heterocycles. The second kappa shape index (κ2) is 5.30. The van der Waals surface area contributed by atoms with Crippen molar-refractivity contribution in [1.29, 1.82) is 0 Å². The minimum Gasteiger partial charge on any atom is -0.459 e. The average Bonchev–Trinajstić information content (AvgIpc) is 1.95. The third kappa shape index (κ3) is 8.23. The van der Waals surface area contributed by atoms with Crippen LogP contribution in [0.4, 0.5) is 0 Å². The van der Waals surface area contributed by atoms with E-state index < -0.39 is 17.0 Å². The van der Waals surface area contributed by atoms with Gasteiger partial charge < -0.3 is 15.8 Å². The zero-order chi connectivity index (χ0) is 13.0. The van der Waals surface area contributed by atoms with Gasteiger partial charge in [-0.05, 0) is 34.6 Å². The van der Waals surface area contributed by atoms with E-state index in [1.165, 1.54) is 0 Å². The maximum atomic E-state index is 11.4. The smallest absolute Gasteiger partial charge is 0.320 e. The first kappa shape index (κ1) is 14.9. The zero-order valence-corrected chi connectivity index (χ0v) is 10.7. The van der Waals surface area contributed by atoms with E-state index in [4.69, 9.17) is 10.5 Å². The van der Waals surface area contributed by atoms with Crippen molar-refractivity contribution in [3.05, 3.63) is 0 Å². The van der Waals surface area contributed by atoms with Gasteiger partial charge >= 0.3 is 5.97 Å². The Hall–Kier alpha value is -1.10. The van der Waals surface area contributed by atoms with E-state index in [0.717, 1.165) is 0 Å². The van der Waals surface area contributed by atoms with Crippen molar-refractivity contribution in [1.82, 2.24) is 5.32 Å². The number of nitrogens with one attached hydrogen (secondary N) is 1. The van der Waals surface area contributed by atoms with Crippen molar-refractivity contribution in [3.8, 4) is 0 Å². The van der Waals surface area contributed by atoms with Crippen LogP contribution in [0.2, 0.25) is 0 Å². The molecule has 0 radical (unpaired) electrons. The molecule has 0 atom stereocenters. The van der Waals surface area contributed by atoms with E-state index in [9.17, 15) is 9.59 Å². The highest BCUT2D eigenvalue weighted by Crippen LogP contribution is 2.09. The number of hydrogen-bond donors (Lipinski definition) is 2. The summed E-state index contributed by atoms with van der Waals surface area (Å²) in [5, 5.41) is 2.94. The molecule has 0 saturated heterocycles. The maximum Gasteiger partial charge on any atom is 0.320 e. The summed E-state index contributed by atoms with van der Waals surface area (Å²) in [4.78, 5) is 22.1. The van der Waals surface area contributed by atoms with Crippen LogP contribution in [-0.4, -0.2) is 29.6 Å². The number of carbonyl (C=O) groups is 2. The van der Waals surface area contributed by atoms with E-state index in [0.29, 0.717) is 0 Å². The first-order valence-electron chi connectivity index (χ1n) is 5.27. The molecule has 1 amide bonds. The largest absolute Gasteiger partial charge is 0.459 e. The van der Waals surface area contributed by atoms with Crippen molar-refractivity contribution in [2.24, 2.45) is 5.73 Å². The summed E-state index contributed by atoms with van der Waals surface area (Å²) in [7, 11) is 0. The van der Waals surface area contributed by atoms with Crippen LogP contribution in [0, 0.1) is 0 Å². The van der Waals surface area contributed by atoms with Crippen molar-refractivity contribution < 1.29 is 14.3 Å². The van der Waals surface area contributed by atoms with Gasteiger partial charge in [0.15, 0.2) is 0 Å². The van der Waals surface area contributed by atoms with Gasteiger partial charge in [0.1, 0.15) is 5.60 Å². The molecule has 0 heterocycles. The molecule has 0 rings (SSSR count). The van der Waals surface area contributed by atoms with Crippen molar-refractivity contribution >= 4 is 11.9 Å². The molecule has 0 bridgehead atoms. The minimum atomic E-state index is -0.497. The van der Waals surface area contributed by atoms with Gasteiger partial charge in [-0.3, -0.25) is 9.59 Å². The quantitative estimate of drug-likeness (QED) is 0.677. The number of esters is 1. The number of nitrogens with two attached hydrogens (primary N) is 1. The topological polar surface area (TPSA) is 81.4 Å². The normalized spacial score (nSPS) is 12.3. The zero-order valence-electron chi connectivity index (χ0n) is 10.7. The molecular formula is C11H22N2O3. The molecule has 0 aliphatic rings. The van der Waals surface area contributed by atoms with E-state index in [1.54, 1.807) is 20.8 Å². The molecule has 0 spiro atoms. The molecule has 0 aliphatic carbocycles. The number of amides is 1. The molecular weight excluding hydrogens is 208 g/mol. The molecule has 94 valence electrons. The maximum absolute atomic E-state index is 11.4. The highest BCUT2D eigenvalue weighted by atomic mass is 16.6. The fourth-order valence-electron chi connectivity index (χ4n) is 1.19. The molecule has 0 unspecified atom stereocenters. The van der Waals surface area contributed by atoms with E-state index in [1.807, 2.05) is 13.8 Å². The van der Waals surface area contributed by atoms with Crippen LogP contribution in [0.5, 0.6) is 0 Å². The Bertz CT molecular complexity index is 267. The van der Waals surface area contributed by atoms with Crippen LogP contribution in [0.3, 0.4) is 0 Å². The predicted octanol–water partition coefficient (Wildman–Crippen LogP) is 0.572. The monoisotopic (exact) mass is 230 g/mol. The number of rotatable bonds is 5. The lowest BCUT2D eigenvalue weighted by Crippen LogP contribution is -2.46. The van der Waals surface area contributed by atoms with Gasteiger partial charge in [-0.25, -0.2) is 0 Å². The number of carbonyl (C=O) groups excluding carboxylic acids is 2. The Morgan fingerprint density at radius 1 is 1.19 bits per heavy atom. The van der Waals surface area contributed by atoms with Gasteiger partial charge in [0.05, 0.1) is 6.54 Å². The summed E-state index contributed by atoms with van der Waals surface area (Å²) in [5.41, 5.74) is 4.10. The summed E-state index contributed by atoms with van der Waals surface area (Å²) in [5.74, 6) is -0.744. The SMILES string of the molecule is CC(C)(CC(N)=O)NCC(=O)OC(C)(C)C. The van der Waals surface area contributed by atoms with E-state index in [-0.39, 0.29) is 18.9 Å². The first-order chi connectivity index (χ1) is 7.02. The molecule has 16 heavy (non-hydrogen) atoms. The Morgan fingerprint density at radius 2 is 1.69 bits per heavy atom. The summed E-state index contributed by atoms with van der Waals surface area (Å²) < 4.78 is 5.12. The Morgan fingerprint density at radius 3 is 2.06 bits per heavy atom. The highest BCUT2D eigenvalue weighted by Gasteiger charge is 2.23. The van der Waals surface area contributed by atoms with Gasteiger partial charge in [-0.15, -0.1) is 0 Å². The van der Waals surface area contributed by atoms with Crippen LogP contribution in [0.1, 0.15) is 41.0 Å². The third-order valence-corrected chi connectivity index (χ3v) is 1.75. The molecule has 3 N–H and O–H groups in total. The summed E-state index contributed by atoms with van der Waals surface area (Å²) in [6.07, 6.45) is 0.176. The number of primary amides is 1. The van der Waals surface area contributed by atoms with Crippen LogP contribution < -0.4 is 11.1 Å². The fourth-order valence-corrected chi connectivity index (χ4v) is 1.19. The second-order valence-electron chi connectivity index (χ2n) is 5.47. The van der Waals surface area contributed by atoms with E-state index in [2.05, 4.69) is 5.32 Å². The fraction of sp³-hybridized carbons (Fsp3) is 0.818. The lowest BCUT2D eigenvalue weighted by Gasteiger charge is -2.26. The van der Waals surface area contributed by atoms with Crippen LogP contribution in [0.25, 0.3) is 0 Å². The molecule has 0 aromatic carbocycles. The predicted molar refractivity (Wildman–Crippen MR) is 61.7 cm³/mol. The van der Waals surface area contributed by atoms with Crippen LogP contribution in [0.15, 0.2) is 0 Å². The molecule has 0 aromatic heterocycles. The van der Waals surface area contributed by atoms with Crippen molar-refractivity contribution in [3.63, 3.8) is 0 Å². The van der Waals surface area contributed by atoms with Crippen molar-refractivity contribution in [2.75, 3.05) is 6.54 Å². The summed E-state index contributed by atoms with van der Waals surface area (Å²) >= 11 is 0. The minimum absolute atomic E-state index is 0.0670. The number of hydrogen-bond acceptors (Lipinski definition) is 4. The second-order valence-corrected chi connectivity index (χ2v) is 5.47. The molecule has 5 nitrogen and oxygen atoms in total. The average molecular weight is 230 g/mol. The molecule has 0 fully saturated rings. The Kier molecular flexibility index (Phi) is 4.93. The molecule has 5 heteroatoms. The van der Waals surface area contributed by atoms with Crippen LogP contribution >= 0.6 is 0 Å². The van der Waals surface area contributed by atoms with Gasteiger partial charge in [-0.2, -0.15) is 0 Å². The van der Waals surface area contributed by atoms with Crippen LogP contribution in [-0.2, 0) is 14.3 Å².